The van der Waals surface area contributed by atoms with Crippen molar-refractivity contribution in [3.05, 3.63) is 59.2 Å². The van der Waals surface area contributed by atoms with E-state index in [1.165, 1.54) is 16.0 Å². The third kappa shape index (κ3) is 3.12. The van der Waals surface area contributed by atoms with Gasteiger partial charge in [0.2, 0.25) is 0 Å². The van der Waals surface area contributed by atoms with Gasteiger partial charge in [0, 0.05) is 22.7 Å². The number of benzene rings is 2. The Balaban J connectivity index is 1.82. The van der Waals surface area contributed by atoms with Crippen molar-refractivity contribution in [2.45, 2.75) is 17.9 Å². The number of thioether (sulfide) groups is 1. The second-order valence-corrected chi connectivity index (χ2v) is 5.93. The third-order valence-corrected chi connectivity index (χ3v) is 4.48. The van der Waals surface area contributed by atoms with E-state index in [1.54, 1.807) is 11.8 Å². The molecule has 0 saturated heterocycles. The van der Waals surface area contributed by atoms with E-state index in [9.17, 15) is 4.79 Å². The first-order chi connectivity index (χ1) is 10.3. The predicted molar refractivity (Wildman–Crippen MR) is 88.0 cm³/mol. The Morgan fingerprint density at radius 3 is 2.76 bits per heavy atom. The minimum Gasteiger partial charge on any atom is -0.322 e. The summed E-state index contributed by atoms with van der Waals surface area (Å²) < 4.78 is 0. The fourth-order valence-corrected chi connectivity index (χ4v) is 3.03. The Labute approximate surface area is 129 Å². The molecule has 4 heteroatoms. The maximum atomic E-state index is 12.5. The maximum Gasteiger partial charge on any atom is 0.255 e. The first-order valence-electron chi connectivity index (χ1n) is 7.05. The molecule has 0 spiro atoms. The molecule has 3 nitrogen and oxygen atoms in total. The number of hydrogen-bond acceptors (Lipinski definition) is 3. The van der Waals surface area contributed by atoms with Gasteiger partial charge in [-0.25, -0.2) is 0 Å². The van der Waals surface area contributed by atoms with E-state index in [2.05, 4.69) is 16.7 Å². The molecule has 0 radical (unpaired) electrons. The van der Waals surface area contributed by atoms with Crippen LogP contribution in [0.4, 0.5) is 5.69 Å². The van der Waals surface area contributed by atoms with Crippen LogP contribution in [0.5, 0.6) is 0 Å². The molecule has 0 aromatic heterocycles. The molecular weight excluding hydrogens is 280 g/mol. The minimum atomic E-state index is -0.0225. The average Bonchev–Trinajstić information content (AvgIpc) is 2.55. The Morgan fingerprint density at radius 2 is 2.00 bits per heavy atom. The molecule has 2 aromatic rings. The van der Waals surface area contributed by atoms with Crippen LogP contribution in [0.25, 0.3) is 0 Å². The van der Waals surface area contributed by atoms with E-state index >= 15 is 0 Å². The molecule has 1 aliphatic heterocycles. The highest BCUT2D eigenvalue weighted by molar-refractivity contribution is 7.98. The van der Waals surface area contributed by atoms with Gasteiger partial charge in [0.1, 0.15) is 0 Å². The van der Waals surface area contributed by atoms with Crippen LogP contribution in [0.3, 0.4) is 0 Å². The van der Waals surface area contributed by atoms with Crippen LogP contribution in [0.15, 0.2) is 47.4 Å². The molecule has 1 heterocycles. The fraction of sp³-hybridized carbons (Fsp3) is 0.235. The van der Waals surface area contributed by atoms with Crippen molar-refractivity contribution >= 4 is 23.4 Å². The molecule has 1 aliphatic rings. The van der Waals surface area contributed by atoms with Gasteiger partial charge < -0.3 is 10.6 Å². The molecular formula is C17H18N2OS. The number of hydrogen-bond donors (Lipinski definition) is 2. The first kappa shape index (κ1) is 14.2. The molecule has 0 fully saturated rings. The zero-order valence-corrected chi connectivity index (χ0v) is 12.8. The predicted octanol–water partition coefficient (Wildman–Crippen LogP) is 3.31. The van der Waals surface area contributed by atoms with Crippen LogP contribution in [-0.2, 0) is 13.0 Å². The lowest BCUT2D eigenvalue weighted by atomic mass is 9.95. The fourth-order valence-electron chi connectivity index (χ4n) is 2.62. The van der Waals surface area contributed by atoms with Crippen LogP contribution >= 0.6 is 11.8 Å². The molecule has 0 saturated carbocycles. The monoisotopic (exact) mass is 298 g/mol. The van der Waals surface area contributed by atoms with Crippen molar-refractivity contribution in [1.29, 1.82) is 0 Å². The van der Waals surface area contributed by atoms with Gasteiger partial charge in [-0.1, -0.05) is 12.1 Å². The molecule has 0 unspecified atom stereocenters. The van der Waals surface area contributed by atoms with E-state index in [1.807, 2.05) is 42.7 Å². The summed E-state index contributed by atoms with van der Waals surface area (Å²) >= 11 is 1.69. The highest BCUT2D eigenvalue weighted by atomic mass is 32.2. The zero-order chi connectivity index (χ0) is 14.7. The van der Waals surface area contributed by atoms with Gasteiger partial charge in [0.25, 0.3) is 5.91 Å². The smallest absolute Gasteiger partial charge is 0.255 e. The van der Waals surface area contributed by atoms with Crippen LogP contribution in [0.2, 0.25) is 0 Å². The SMILES string of the molecule is CSc1ccc(NC(=O)c2cccc3c2CCNC3)cc1. The topological polar surface area (TPSA) is 41.1 Å². The van der Waals surface area contributed by atoms with Crippen molar-refractivity contribution < 1.29 is 4.79 Å². The van der Waals surface area contributed by atoms with Crippen molar-refractivity contribution in [3.63, 3.8) is 0 Å². The molecule has 3 rings (SSSR count). The van der Waals surface area contributed by atoms with E-state index in [4.69, 9.17) is 0 Å². The number of carbonyl (C=O) groups is 1. The lowest BCUT2D eigenvalue weighted by Gasteiger charge is -2.20. The quantitative estimate of drug-likeness (QED) is 0.854. The lowest BCUT2D eigenvalue weighted by Crippen LogP contribution is -2.26. The Hall–Kier alpha value is -1.78. The summed E-state index contributed by atoms with van der Waals surface area (Å²) in [5.74, 6) is -0.0225. The summed E-state index contributed by atoms with van der Waals surface area (Å²) in [5, 5.41) is 6.33. The Morgan fingerprint density at radius 1 is 1.19 bits per heavy atom. The largest absolute Gasteiger partial charge is 0.322 e. The average molecular weight is 298 g/mol. The summed E-state index contributed by atoms with van der Waals surface area (Å²) in [6.07, 6.45) is 2.95. The molecule has 0 atom stereocenters. The molecule has 0 aliphatic carbocycles. The maximum absolute atomic E-state index is 12.5. The number of nitrogens with one attached hydrogen (secondary N) is 2. The summed E-state index contributed by atoms with van der Waals surface area (Å²) in [7, 11) is 0. The summed E-state index contributed by atoms with van der Waals surface area (Å²) in [6, 6.07) is 13.9. The second-order valence-electron chi connectivity index (χ2n) is 5.05. The first-order valence-corrected chi connectivity index (χ1v) is 8.27. The van der Waals surface area contributed by atoms with Crippen molar-refractivity contribution in [2.75, 3.05) is 18.1 Å². The van der Waals surface area contributed by atoms with Crippen LogP contribution in [-0.4, -0.2) is 18.7 Å². The van der Waals surface area contributed by atoms with Crippen molar-refractivity contribution in [1.82, 2.24) is 5.32 Å². The number of amides is 1. The van der Waals surface area contributed by atoms with E-state index < -0.39 is 0 Å². The molecule has 21 heavy (non-hydrogen) atoms. The van der Waals surface area contributed by atoms with Gasteiger partial charge in [-0.05, 0) is 60.7 Å². The Bertz CT molecular complexity index is 652. The Kier molecular flexibility index (Phi) is 4.27. The molecule has 108 valence electrons. The van der Waals surface area contributed by atoms with Gasteiger partial charge in [0.15, 0.2) is 0 Å². The van der Waals surface area contributed by atoms with Gasteiger partial charge in [-0.3, -0.25) is 4.79 Å². The van der Waals surface area contributed by atoms with Crippen LogP contribution in [0.1, 0.15) is 21.5 Å². The highest BCUT2D eigenvalue weighted by Crippen LogP contribution is 2.21. The third-order valence-electron chi connectivity index (χ3n) is 3.73. The summed E-state index contributed by atoms with van der Waals surface area (Å²) in [6.45, 7) is 1.78. The summed E-state index contributed by atoms with van der Waals surface area (Å²) in [4.78, 5) is 13.7. The van der Waals surface area contributed by atoms with Crippen molar-refractivity contribution in [3.8, 4) is 0 Å². The number of anilines is 1. The van der Waals surface area contributed by atoms with Crippen LogP contribution < -0.4 is 10.6 Å². The van der Waals surface area contributed by atoms with Gasteiger partial charge in [-0.15, -0.1) is 11.8 Å². The van der Waals surface area contributed by atoms with Gasteiger partial charge in [0.05, 0.1) is 0 Å². The number of carbonyl (C=O) groups excluding carboxylic acids is 1. The molecule has 0 bridgehead atoms. The van der Waals surface area contributed by atoms with Crippen LogP contribution in [0, 0.1) is 0 Å². The second kappa shape index (κ2) is 6.33. The normalized spacial score (nSPS) is 13.6. The minimum absolute atomic E-state index is 0.0225. The van der Waals surface area contributed by atoms with Gasteiger partial charge in [-0.2, -0.15) is 0 Å². The van der Waals surface area contributed by atoms with E-state index in [-0.39, 0.29) is 5.91 Å². The molecule has 2 N–H and O–H groups in total. The lowest BCUT2D eigenvalue weighted by molar-refractivity contribution is 0.102. The highest BCUT2D eigenvalue weighted by Gasteiger charge is 2.17. The standard InChI is InChI=1S/C17H18N2OS/c1-21-14-7-5-13(6-8-14)19-17(20)16-4-2-3-12-11-18-10-9-15(12)16/h2-8,18H,9-11H2,1H3,(H,19,20). The zero-order valence-electron chi connectivity index (χ0n) is 12.0. The molecule has 2 aromatic carbocycles. The van der Waals surface area contributed by atoms with Gasteiger partial charge >= 0.3 is 0 Å². The molecule has 1 amide bonds. The number of rotatable bonds is 3. The van der Waals surface area contributed by atoms with E-state index in [0.717, 1.165) is 30.8 Å². The van der Waals surface area contributed by atoms with E-state index in [0.29, 0.717) is 0 Å². The number of fused-ring (bicyclic) bond motifs is 1. The summed E-state index contributed by atoms with van der Waals surface area (Å²) in [5.41, 5.74) is 4.04. The van der Waals surface area contributed by atoms with Crippen molar-refractivity contribution in [2.24, 2.45) is 0 Å².